The number of nitrogens with zero attached hydrogens (tertiary/aromatic N) is 1. The van der Waals surface area contributed by atoms with Gasteiger partial charge < -0.3 is 20.2 Å². The molecule has 1 aromatic rings. The summed E-state index contributed by atoms with van der Waals surface area (Å²) in [5.74, 6) is -1.85. The van der Waals surface area contributed by atoms with Crippen LogP contribution in [-0.2, 0) is 21.4 Å². The summed E-state index contributed by atoms with van der Waals surface area (Å²) in [5, 5.41) is 28.5. The van der Waals surface area contributed by atoms with Crippen LogP contribution < -0.4 is 4.90 Å². The predicted molar refractivity (Wildman–Crippen MR) is 99.5 cm³/mol. The van der Waals surface area contributed by atoms with E-state index in [9.17, 15) is 24.9 Å². The van der Waals surface area contributed by atoms with Crippen LogP contribution >= 0.6 is 0 Å². The largest absolute Gasteiger partial charge is 0.481 e. The quantitative estimate of drug-likeness (QED) is 0.743. The standard InChI is InChI=1S/C20H29NO5/c1-11-6-16(20(3,4)5)15(8-14(23)10-22)12(2)18(11)21-9-13(19(25)26)7-17(21)24/h6,13-14,22-23H,7-10H2,1-5H3,(H,25,26). The molecule has 2 unspecified atom stereocenters. The minimum atomic E-state index is -0.960. The number of amides is 1. The number of aliphatic carboxylic acids is 1. The summed E-state index contributed by atoms with van der Waals surface area (Å²) in [7, 11) is 0. The summed E-state index contributed by atoms with van der Waals surface area (Å²) >= 11 is 0. The number of rotatable bonds is 5. The van der Waals surface area contributed by atoms with E-state index in [4.69, 9.17) is 0 Å². The zero-order valence-corrected chi connectivity index (χ0v) is 16.2. The average molecular weight is 363 g/mol. The lowest BCUT2D eigenvalue weighted by molar-refractivity contribution is -0.141. The van der Waals surface area contributed by atoms with Gasteiger partial charge in [0.15, 0.2) is 0 Å². The highest BCUT2D eigenvalue weighted by atomic mass is 16.4. The Kier molecular flexibility index (Phi) is 5.78. The van der Waals surface area contributed by atoms with Gasteiger partial charge in [0.25, 0.3) is 0 Å². The number of aryl methyl sites for hydroxylation is 1. The summed E-state index contributed by atoms with van der Waals surface area (Å²) in [5.41, 5.74) is 4.30. The topological polar surface area (TPSA) is 98.1 Å². The second-order valence-corrected chi connectivity index (χ2v) is 8.23. The van der Waals surface area contributed by atoms with Crippen LogP contribution in [0.4, 0.5) is 5.69 Å². The van der Waals surface area contributed by atoms with E-state index in [1.54, 1.807) is 4.90 Å². The van der Waals surface area contributed by atoms with Crippen LogP contribution in [0.1, 0.15) is 49.4 Å². The lowest BCUT2D eigenvalue weighted by Gasteiger charge is -2.30. The Morgan fingerprint density at radius 2 is 1.96 bits per heavy atom. The lowest BCUT2D eigenvalue weighted by atomic mass is 9.79. The van der Waals surface area contributed by atoms with Gasteiger partial charge in [-0.05, 0) is 41.5 Å². The normalized spacial score (nSPS) is 19.1. The molecule has 1 aromatic carbocycles. The van der Waals surface area contributed by atoms with Crippen LogP contribution in [0.25, 0.3) is 0 Å². The van der Waals surface area contributed by atoms with E-state index < -0.39 is 18.0 Å². The maximum absolute atomic E-state index is 12.4. The first-order valence-corrected chi connectivity index (χ1v) is 8.93. The molecule has 0 radical (unpaired) electrons. The Hall–Kier alpha value is -1.92. The summed E-state index contributed by atoms with van der Waals surface area (Å²) < 4.78 is 0. The number of aliphatic hydroxyl groups is 2. The number of carboxylic acids is 1. The highest BCUT2D eigenvalue weighted by molar-refractivity contribution is 6.00. The number of carbonyl (C=O) groups is 2. The smallest absolute Gasteiger partial charge is 0.308 e. The third-order valence-corrected chi connectivity index (χ3v) is 5.07. The van der Waals surface area contributed by atoms with E-state index in [0.717, 1.165) is 27.9 Å². The van der Waals surface area contributed by atoms with E-state index in [2.05, 4.69) is 20.8 Å². The van der Waals surface area contributed by atoms with Gasteiger partial charge >= 0.3 is 5.97 Å². The van der Waals surface area contributed by atoms with Gasteiger partial charge in [0.1, 0.15) is 0 Å². The number of anilines is 1. The molecule has 0 saturated carbocycles. The molecule has 0 spiro atoms. The molecule has 0 bridgehead atoms. The lowest BCUT2D eigenvalue weighted by Crippen LogP contribution is -2.29. The van der Waals surface area contributed by atoms with Gasteiger partial charge in [-0.3, -0.25) is 9.59 Å². The molecule has 1 aliphatic rings. The Balaban J connectivity index is 2.59. The fourth-order valence-corrected chi connectivity index (χ4v) is 3.75. The maximum Gasteiger partial charge on any atom is 0.308 e. The fraction of sp³-hybridized carbons (Fsp3) is 0.600. The minimum Gasteiger partial charge on any atom is -0.481 e. The molecule has 1 saturated heterocycles. The molecular formula is C20H29NO5. The summed E-state index contributed by atoms with van der Waals surface area (Å²) in [6.45, 7) is 9.89. The first-order valence-electron chi connectivity index (χ1n) is 8.93. The van der Waals surface area contributed by atoms with E-state index in [-0.39, 0.29) is 37.3 Å². The fourth-order valence-electron chi connectivity index (χ4n) is 3.75. The van der Waals surface area contributed by atoms with Crippen LogP contribution in [0.5, 0.6) is 0 Å². The number of aliphatic hydroxyl groups excluding tert-OH is 2. The Bertz CT molecular complexity index is 720. The average Bonchev–Trinajstić information content (AvgIpc) is 2.90. The number of benzene rings is 1. The van der Waals surface area contributed by atoms with Gasteiger partial charge in [0.2, 0.25) is 5.91 Å². The third-order valence-electron chi connectivity index (χ3n) is 5.07. The highest BCUT2D eigenvalue weighted by Gasteiger charge is 2.37. The van der Waals surface area contributed by atoms with Crippen LogP contribution in [0.2, 0.25) is 0 Å². The number of carboxylic acid groups (broad SMARTS) is 1. The van der Waals surface area contributed by atoms with Gasteiger partial charge in [0.05, 0.1) is 18.6 Å². The van der Waals surface area contributed by atoms with E-state index in [1.807, 2.05) is 19.9 Å². The molecule has 1 aliphatic heterocycles. The van der Waals surface area contributed by atoms with Crippen molar-refractivity contribution in [2.75, 3.05) is 18.1 Å². The molecule has 3 N–H and O–H groups in total. The second-order valence-electron chi connectivity index (χ2n) is 8.23. The first kappa shape index (κ1) is 20.4. The van der Waals surface area contributed by atoms with Crippen LogP contribution in [0.15, 0.2) is 6.07 Å². The molecular weight excluding hydrogens is 334 g/mol. The van der Waals surface area contributed by atoms with Crippen molar-refractivity contribution in [3.8, 4) is 0 Å². The molecule has 2 rings (SSSR count). The van der Waals surface area contributed by atoms with Crippen molar-refractivity contribution in [2.24, 2.45) is 5.92 Å². The molecule has 2 atom stereocenters. The van der Waals surface area contributed by atoms with Gasteiger partial charge in [-0.2, -0.15) is 0 Å². The van der Waals surface area contributed by atoms with Crippen molar-refractivity contribution in [2.45, 2.75) is 59.0 Å². The number of hydrogen-bond donors (Lipinski definition) is 3. The third kappa shape index (κ3) is 3.91. The van der Waals surface area contributed by atoms with Crippen molar-refractivity contribution >= 4 is 17.6 Å². The van der Waals surface area contributed by atoms with E-state index in [0.29, 0.717) is 0 Å². The monoisotopic (exact) mass is 363 g/mol. The van der Waals surface area contributed by atoms with Gasteiger partial charge in [-0.1, -0.05) is 26.8 Å². The van der Waals surface area contributed by atoms with Gasteiger partial charge in [0, 0.05) is 25.1 Å². The Morgan fingerprint density at radius 3 is 2.42 bits per heavy atom. The van der Waals surface area contributed by atoms with Crippen molar-refractivity contribution < 1.29 is 24.9 Å². The Morgan fingerprint density at radius 1 is 1.35 bits per heavy atom. The number of hydrogen-bond acceptors (Lipinski definition) is 4. The summed E-state index contributed by atoms with van der Waals surface area (Å²) in [4.78, 5) is 25.3. The van der Waals surface area contributed by atoms with Gasteiger partial charge in [-0.25, -0.2) is 0 Å². The van der Waals surface area contributed by atoms with Crippen molar-refractivity contribution in [1.29, 1.82) is 0 Å². The Labute approximate surface area is 154 Å². The van der Waals surface area contributed by atoms with Gasteiger partial charge in [-0.15, -0.1) is 0 Å². The molecule has 1 fully saturated rings. The SMILES string of the molecule is Cc1cc(C(C)(C)C)c(CC(O)CO)c(C)c1N1CC(C(=O)O)CC1=O. The van der Waals surface area contributed by atoms with Crippen molar-refractivity contribution in [3.05, 3.63) is 28.3 Å². The second kappa shape index (κ2) is 7.37. The molecule has 0 aliphatic carbocycles. The molecule has 144 valence electrons. The van der Waals surface area contributed by atoms with E-state index in [1.165, 1.54) is 0 Å². The van der Waals surface area contributed by atoms with Crippen LogP contribution in [0, 0.1) is 19.8 Å². The zero-order valence-electron chi connectivity index (χ0n) is 16.2. The van der Waals surface area contributed by atoms with E-state index >= 15 is 0 Å². The van der Waals surface area contributed by atoms with Crippen LogP contribution in [0.3, 0.4) is 0 Å². The van der Waals surface area contributed by atoms with Crippen LogP contribution in [-0.4, -0.2) is 46.5 Å². The molecule has 6 nitrogen and oxygen atoms in total. The summed E-state index contributed by atoms with van der Waals surface area (Å²) in [6.07, 6.45) is -0.595. The first-order chi connectivity index (χ1) is 12.0. The summed E-state index contributed by atoms with van der Waals surface area (Å²) in [6, 6.07) is 2.02. The minimum absolute atomic E-state index is 0.00380. The molecule has 0 aromatic heterocycles. The predicted octanol–water partition coefficient (Wildman–Crippen LogP) is 1.93. The highest BCUT2D eigenvalue weighted by Crippen LogP contribution is 2.38. The maximum atomic E-state index is 12.4. The molecule has 6 heteroatoms. The molecule has 1 heterocycles. The zero-order chi connectivity index (χ0) is 19.8. The number of carbonyl (C=O) groups excluding carboxylic acids is 1. The van der Waals surface area contributed by atoms with Crippen molar-refractivity contribution in [1.82, 2.24) is 0 Å². The van der Waals surface area contributed by atoms with Crippen molar-refractivity contribution in [3.63, 3.8) is 0 Å². The molecule has 26 heavy (non-hydrogen) atoms. The molecule has 1 amide bonds.